The number of fused-ring (bicyclic) bond motifs is 1. The van der Waals surface area contributed by atoms with E-state index in [1.54, 1.807) is 12.3 Å². The average Bonchev–Trinajstić information content (AvgIpc) is 2.46. The van der Waals surface area contributed by atoms with Gasteiger partial charge in [0.2, 0.25) is 0 Å². The Kier molecular flexibility index (Phi) is 4.18. The Hall–Kier alpha value is -2.47. The maximum atomic E-state index is 12.4. The van der Waals surface area contributed by atoms with Crippen LogP contribution >= 0.6 is 0 Å². The van der Waals surface area contributed by atoms with Gasteiger partial charge < -0.3 is 15.2 Å². The molecule has 0 spiro atoms. The lowest BCUT2D eigenvalue weighted by Crippen LogP contribution is -2.55. The smallest absolute Gasteiger partial charge is 0.331 e. The van der Waals surface area contributed by atoms with Crippen LogP contribution in [-0.4, -0.2) is 41.2 Å². The highest BCUT2D eigenvalue weighted by Crippen LogP contribution is 2.18. The van der Waals surface area contributed by atoms with Gasteiger partial charge in [-0.2, -0.15) is 0 Å². The van der Waals surface area contributed by atoms with E-state index >= 15 is 0 Å². The zero-order chi connectivity index (χ0) is 15.5. The van der Waals surface area contributed by atoms with E-state index in [0.29, 0.717) is 5.56 Å². The van der Waals surface area contributed by atoms with Crippen LogP contribution in [0.1, 0.15) is 17.3 Å². The summed E-state index contributed by atoms with van der Waals surface area (Å²) in [6, 6.07) is 7.29. The van der Waals surface area contributed by atoms with Crippen LogP contribution in [0.15, 0.2) is 36.7 Å². The molecule has 1 amide bonds. The molecule has 2 N–H and O–H groups in total. The first kappa shape index (κ1) is 14.9. The van der Waals surface area contributed by atoms with E-state index in [2.05, 4.69) is 10.3 Å². The maximum Gasteiger partial charge on any atom is 0.331 e. The molecular weight excluding hydrogens is 272 g/mol. The van der Waals surface area contributed by atoms with Crippen LogP contribution in [0, 0.1) is 0 Å². The average molecular weight is 288 g/mol. The zero-order valence-electron chi connectivity index (χ0n) is 11.8. The molecule has 0 saturated heterocycles. The normalized spacial score (nSPS) is 13.6. The number of ether oxygens (including phenoxy) is 1. The lowest BCUT2D eigenvalue weighted by atomic mass is 10.0. The number of amides is 1. The van der Waals surface area contributed by atoms with Crippen molar-refractivity contribution in [2.75, 3.05) is 13.7 Å². The van der Waals surface area contributed by atoms with Gasteiger partial charge in [0.1, 0.15) is 0 Å². The molecule has 1 atom stereocenters. The molecule has 0 aliphatic carbocycles. The Bertz CT molecular complexity index is 681. The third-order valence-corrected chi connectivity index (χ3v) is 3.21. The Labute approximate surface area is 121 Å². The van der Waals surface area contributed by atoms with Gasteiger partial charge in [-0.25, -0.2) is 4.79 Å². The van der Waals surface area contributed by atoms with Crippen molar-refractivity contribution in [3.05, 3.63) is 42.2 Å². The van der Waals surface area contributed by atoms with Gasteiger partial charge in [-0.05, 0) is 12.3 Å². The number of methoxy groups -OCH3 is 1. The number of rotatable bonds is 5. The van der Waals surface area contributed by atoms with E-state index in [1.165, 1.54) is 20.2 Å². The van der Waals surface area contributed by atoms with E-state index in [4.69, 9.17) is 4.74 Å². The van der Waals surface area contributed by atoms with Crippen LogP contribution in [-0.2, 0) is 9.53 Å². The molecule has 0 radical (unpaired) electrons. The minimum atomic E-state index is -1.50. The first-order valence-corrected chi connectivity index (χ1v) is 6.35. The third kappa shape index (κ3) is 3.00. The Morgan fingerprint density at radius 1 is 1.33 bits per heavy atom. The van der Waals surface area contributed by atoms with Gasteiger partial charge in [-0.1, -0.05) is 24.3 Å². The fourth-order valence-corrected chi connectivity index (χ4v) is 2.06. The number of carboxylic acids is 1. The summed E-state index contributed by atoms with van der Waals surface area (Å²) in [6.07, 6.45) is 3.07. The molecule has 21 heavy (non-hydrogen) atoms. The number of carbonyl (C=O) groups excluding carboxylic acids is 1. The van der Waals surface area contributed by atoms with Gasteiger partial charge in [-0.15, -0.1) is 0 Å². The fourth-order valence-electron chi connectivity index (χ4n) is 2.06. The highest BCUT2D eigenvalue weighted by Gasteiger charge is 2.35. The number of pyridine rings is 1. The van der Waals surface area contributed by atoms with Crippen LogP contribution in [0.4, 0.5) is 0 Å². The van der Waals surface area contributed by atoms with Crippen molar-refractivity contribution in [1.29, 1.82) is 0 Å². The molecule has 0 saturated carbocycles. The highest BCUT2D eigenvalue weighted by atomic mass is 16.5. The Morgan fingerprint density at radius 2 is 2.05 bits per heavy atom. The molecule has 1 aromatic heterocycles. The second-order valence-corrected chi connectivity index (χ2v) is 4.93. The first-order valence-electron chi connectivity index (χ1n) is 6.35. The topological polar surface area (TPSA) is 88.5 Å². The molecule has 0 bridgehead atoms. The predicted octanol–water partition coefficient (Wildman–Crippen LogP) is 1.45. The molecular formula is C15H16N2O4. The Morgan fingerprint density at radius 3 is 2.71 bits per heavy atom. The summed E-state index contributed by atoms with van der Waals surface area (Å²) in [5.74, 6) is -1.66. The quantitative estimate of drug-likeness (QED) is 0.869. The van der Waals surface area contributed by atoms with Crippen LogP contribution < -0.4 is 5.32 Å². The van der Waals surface area contributed by atoms with E-state index in [0.717, 1.165) is 10.8 Å². The number of nitrogens with one attached hydrogen (secondary N) is 1. The van der Waals surface area contributed by atoms with Crippen molar-refractivity contribution in [2.45, 2.75) is 12.5 Å². The number of aliphatic carboxylic acids is 1. The second kappa shape index (κ2) is 5.88. The van der Waals surface area contributed by atoms with Crippen molar-refractivity contribution in [3.8, 4) is 0 Å². The summed E-state index contributed by atoms with van der Waals surface area (Å²) in [7, 11) is 1.38. The minimum absolute atomic E-state index is 0.133. The van der Waals surface area contributed by atoms with Crippen molar-refractivity contribution >= 4 is 22.6 Å². The molecule has 0 aliphatic rings. The number of aromatic nitrogens is 1. The molecule has 1 aromatic carbocycles. The second-order valence-electron chi connectivity index (χ2n) is 4.93. The van der Waals surface area contributed by atoms with Gasteiger partial charge in [0.05, 0.1) is 12.2 Å². The lowest BCUT2D eigenvalue weighted by Gasteiger charge is -2.25. The zero-order valence-corrected chi connectivity index (χ0v) is 11.8. The van der Waals surface area contributed by atoms with Crippen molar-refractivity contribution in [2.24, 2.45) is 0 Å². The van der Waals surface area contributed by atoms with Crippen LogP contribution in [0.5, 0.6) is 0 Å². The van der Waals surface area contributed by atoms with E-state index in [-0.39, 0.29) is 6.61 Å². The molecule has 2 rings (SSSR count). The number of hydrogen-bond donors (Lipinski definition) is 2. The summed E-state index contributed by atoms with van der Waals surface area (Å²) in [4.78, 5) is 27.7. The van der Waals surface area contributed by atoms with E-state index in [1.807, 2.05) is 18.2 Å². The van der Waals surface area contributed by atoms with E-state index in [9.17, 15) is 14.7 Å². The summed E-state index contributed by atoms with van der Waals surface area (Å²) in [5, 5.41) is 13.3. The summed E-state index contributed by atoms with van der Waals surface area (Å²) in [6.45, 7) is 1.27. The molecule has 1 unspecified atom stereocenters. The summed E-state index contributed by atoms with van der Waals surface area (Å²) in [5.41, 5.74) is -1.17. The Balaban J connectivity index is 2.36. The summed E-state index contributed by atoms with van der Waals surface area (Å²) < 4.78 is 4.88. The fraction of sp³-hybridized carbons (Fsp3) is 0.267. The third-order valence-electron chi connectivity index (χ3n) is 3.21. The van der Waals surface area contributed by atoms with Gasteiger partial charge in [0.15, 0.2) is 5.54 Å². The van der Waals surface area contributed by atoms with Crippen LogP contribution in [0.25, 0.3) is 10.8 Å². The number of carbonyl (C=O) groups is 2. The highest BCUT2D eigenvalue weighted by molar-refractivity contribution is 6.07. The molecule has 1 heterocycles. The number of carboxylic acid groups (broad SMARTS) is 1. The number of benzene rings is 1. The molecule has 6 nitrogen and oxygen atoms in total. The maximum absolute atomic E-state index is 12.4. The first-order chi connectivity index (χ1) is 9.98. The van der Waals surface area contributed by atoms with Gasteiger partial charge in [0.25, 0.3) is 5.91 Å². The monoisotopic (exact) mass is 288 g/mol. The van der Waals surface area contributed by atoms with E-state index < -0.39 is 17.4 Å². The van der Waals surface area contributed by atoms with Crippen LogP contribution in [0.3, 0.4) is 0 Å². The molecule has 110 valence electrons. The molecule has 6 heteroatoms. The van der Waals surface area contributed by atoms with Crippen LogP contribution in [0.2, 0.25) is 0 Å². The molecule has 0 fully saturated rings. The minimum Gasteiger partial charge on any atom is -0.479 e. The largest absolute Gasteiger partial charge is 0.479 e. The van der Waals surface area contributed by atoms with Gasteiger partial charge in [-0.3, -0.25) is 9.78 Å². The van der Waals surface area contributed by atoms with Crippen molar-refractivity contribution < 1.29 is 19.4 Å². The number of nitrogens with zero attached hydrogens (tertiary/aromatic N) is 1. The van der Waals surface area contributed by atoms with Crippen molar-refractivity contribution in [3.63, 3.8) is 0 Å². The molecule has 2 aromatic rings. The lowest BCUT2D eigenvalue weighted by molar-refractivity contribution is -0.145. The van der Waals surface area contributed by atoms with Gasteiger partial charge >= 0.3 is 5.97 Å². The van der Waals surface area contributed by atoms with Gasteiger partial charge in [0, 0.05) is 24.9 Å². The van der Waals surface area contributed by atoms with Crippen molar-refractivity contribution in [1.82, 2.24) is 10.3 Å². The standard InChI is InChI=1S/C15H16N2O4/c1-15(9-21-2,14(19)20)17-13(18)12-8-16-7-10-5-3-4-6-11(10)12/h3-8H,9H2,1-2H3,(H,17,18)(H,19,20). The SMILES string of the molecule is COCC(C)(NC(=O)c1cncc2ccccc12)C(=O)O. The molecule has 0 aliphatic heterocycles. The predicted molar refractivity (Wildman–Crippen MR) is 77.1 cm³/mol. The summed E-state index contributed by atoms with van der Waals surface area (Å²) >= 11 is 0. The number of hydrogen-bond acceptors (Lipinski definition) is 4.